The number of hydrogen-bond donors (Lipinski definition) is 1. The normalized spacial score (nSPS) is 30.6. The zero-order chi connectivity index (χ0) is 14.8. The van der Waals surface area contributed by atoms with Gasteiger partial charge in [0.25, 0.3) is 0 Å². The van der Waals surface area contributed by atoms with E-state index in [4.69, 9.17) is 4.74 Å². The third-order valence-electron chi connectivity index (χ3n) is 4.07. The molecule has 0 aromatic carbocycles. The molecule has 0 spiro atoms. The molecule has 0 aromatic rings. The Hall–Kier alpha value is -1.03. The highest BCUT2D eigenvalue weighted by Crippen LogP contribution is 2.30. The molecule has 20 heavy (non-hydrogen) atoms. The van der Waals surface area contributed by atoms with Gasteiger partial charge in [-0.05, 0) is 52.4 Å². The number of amides is 1. The molecule has 1 fully saturated rings. The summed E-state index contributed by atoms with van der Waals surface area (Å²) < 4.78 is 5.37. The molecule has 4 nitrogen and oxygen atoms in total. The van der Waals surface area contributed by atoms with Gasteiger partial charge in [0.15, 0.2) is 0 Å². The molecule has 1 heterocycles. The first-order chi connectivity index (χ1) is 9.35. The molecule has 114 valence electrons. The summed E-state index contributed by atoms with van der Waals surface area (Å²) in [6, 6.07) is 0. The Morgan fingerprint density at radius 1 is 1.35 bits per heavy atom. The van der Waals surface area contributed by atoms with Crippen molar-refractivity contribution in [2.75, 3.05) is 13.1 Å². The van der Waals surface area contributed by atoms with Gasteiger partial charge in [0.05, 0.1) is 12.6 Å². The summed E-state index contributed by atoms with van der Waals surface area (Å²) >= 11 is 0. The van der Waals surface area contributed by atoms with Crippen LogP contribution in [0.3, 0.4) is 0 Å². The Kier molecular flexibility index (Phi) is 4.74. The molecule has 4 heteroatoms. The second kappa shape index (κ2) is 6.17. The molecule has 3 atom stereocenters. The molecule has 1 saturated heterocycles. The maximum atomic E-state index is 12.0. The SMILES string of the molecule is CC(C)(C)OC(=O)N1CC(O)C(CC2CC=CCC2)C1. The van der Waals surface area contributed by atoms with Crippen molar-refractivity contribution in [3.63, 3.8) is 0 Å². The van der Waals surface area contributed by atoms with E-state index in [0.717, 1.165) is 19.3 Å². The molecule has 2 aliphatic rings. The van der Waals surface area contributed by atoms with E-state index in [9.17, 15) is 9.90 Å². The van der Waals surface area contributed by atoms with Gasteiger partial charge in [-0.3, -0.25) is 0 Å². The summed E-state index contributed by atoms with van der Waals surface area (Å²) in [7, 11) is 0. The van der Waals surface area contributed by atoms with Gasteiger partial charge < -0.3 is 14.7 Å². The minimum absolute atomic E-state index is 0.194. The third-order valence-corrected chi connectivity index (χ3v) is 4.07. The lowest BCUT2D eigenvalue weighted by Gasteiger charge is -2.25. The van der Waals surface area contributed by atoms with Crippen LogP contribution < -0.4 is 0 Å². The van der Waals surface area contributed by atoms with E-state index in [1.54, 1.807) is 4.90 Å². The summed E-state index contributed by atoms with van der Waals surface area (Å²) in [5.74, 6) is 0.845. The standard InChI is InChI=1S/C16H27NO3/c1-16(2,3)20-15(19)17-10-13(14(18)11-17)9-12-7-5-4-6-8-12/h4-5,12-14,18H,6-11H2,1-3H3. The first-order valence-electron chi connectivity index (χ1n) is 7.66. The van der Waals surface area contributed by atoms with E-state index in [0.29, 0.717) is 19.0 Å². The Labute approximate surface area is 121 Å². The molecule has 1 amide bonds. The number of ether oxygens (including phenoxy) is 1. The average Bonchev–Trinajstić information content (AvgIpc) is 2.70. The van der Waals surface area contributed by atoms with Crippen LogP contribution in [0.25, 0.3) is 0 Å². The number of allylic oxidation sites excluding steroid dienone is 2. The van der Waals surface area contributed by atoms with Crippen LogP contribution in [0.1, 0.15) is 46.5 Å². The van der Waals surface area contributed by atoms with Gasteiger partial charge in [-0.15, -0.1) is 0 Å². The molecule has 1 aliphatic carbocycles. The Morgan fingerprint density at radius 3 is 2.70 bits per heavy atom. The number of rotatable bonds is 2. The van der Waals surface area contributed by atoms with Gasteiger partial charge in [0.1, 0.15) is 5.60 Å². The lowest BCUT2D eigenvalue weighted by Crippen LogP contribution is -2.35. The second-order valence-electron chi connectivity index (χ2n) is 7.10. The van der Waals surface area contributed by atoms with Crippen LogP contribution in [0.15, 0.2) is 12.2 Å². The van der Waals surface area contributed by atoms with Crippen LogP contribution in [0.5, 0.6) is 0 Å². The van der Waals surface area contributed by atoms with Gasteiger partial charge in [-0.25, -0.2) is 4.79 Å². The van der Waals surface area contributed by atoms with Gasteiger partial charge >= 0.3 is 6.09 Å². The molecular formula is C16H27NO3. The summed E-state index contributed by atoms with van der Waals surface area (Å²) in [6.07, 6.45) is 8.21. The Balaban J connectivity index is 1.85. The molecule has 0 radical (unpaired) electrons. The van der Waals surface area contributed by atoms with Crippen molar-refractivity contribution in [3.05, 3.63) is 12.2 Å². The van der Waals surface area contributed by atoms with Crippen molar-refractivity contribution in [1.82, 2.24) is 4.90 Å². The van der Waals surface area contributed by atoms with E-state index in [2.05, 4.69) is 12.2 Å². The first kappa shape index (κ1) is 15.4. The van der Waals surface area contributed by atoms with Gasteiger partial charge in [-0.1, -0.05) is 12.2 Å². The lowest BCUT2D eigenvalue weighted by molar-refractivity contribution is 0.0269. The number of aliphatic hydroxyl groups excluding tert-OH is 1. The maximum Gasteiger partial charge on any atom is 0.410 e. The van der Waals surface area contributed by atoms with Gasteiger partial charge in [-0.2, -0.15) is 0 Å². The van der Waals surface area contributed by atoms with Crippen molar-refractivity contribution in [1.29, 1.82) is 0 Å². The van der Waals surface area contributed by atoms with E-state index >= 15 is 0 Å². The predicted molar refractivity (Wildman–Crippen MR) is 78.4 cm³/mol. The van der Waals surface area contributed by atoms with E-state index in [1.807, 2.05) is 20.8 Å². The van der Waals surface area contributed by atoms with Crippen molar-refractivity contribution in [3.8, 4) is 0 Å². The number of likely N-dealkylation sites (tertiary alicyclic amines) is 1. The van der Waals surface area contributed by atoms with Crippen molar-refractivity contribution < 1.29 is 14.6 Å². The molecule has 3 unspecified atom stereocenters. The van der Waals surface area contributed by atoms with E-state index in [-0.39, 0.29) is 12.0 Å². The highest BCUT2D eigenvalue weighted by atomic mass is 16.6. The Bertz CT molecular complexity index is 372. The third kappa shape index (κ3) is 4.23. The number of β-amino-alcohol motifs (C(OH)–C–C–N with tert-alkyl or cyclic N) is 1. The quantitative estimate of drug-likeness (QED) is 0.792. The van der Waals surface area contributed by atoms with E-state index in [1.165, 1.54) is 6.42 Å². The maximum absolute atomic E-state index is 12.0. The summed E-state index contributed by atoms with van der Waals surface area (Å²) in [4.78, 5) is 13.7. The van der Waals surface area contributed by atoms with Crippen LogP contribution in [0.2, 0.25) is 0 Å². The molecule has 1 N–H and O–H groups in total. The number of carbonyl (C=O) groups is 1. The van der Waals surface area contributed by atoms with Crippen LogP contribution in [0.4, 0.5) is 4.79 Å². The van der Waals surface area contributed by atoms with Crippen LogP contribution >= 0.6 is 0 Å². The topological polar surface area (TPSA) is 49.8 Å². The van der Waals surface area contributed by atoms with Crippen molar-refractivity contribution >= 4 is 6.09 Å². The number of nitrogens with zero attached hydrogens (tertiary/aromatic N) is 1. The molecule has 0 bridgehead atoms. The minimum atomic E-state index is -0.478. The zero-order valence-electron chi connectivity index (χ0n) is 12.8. The average molecular weight is 281 g/mol. The largest absolute Gasteiger partial charge is 0.444 e. The lowest BCUT2D eigenvalue weighted by atomic mass is 9.85. The first-order valence-corrected chi connectivity index (χ1v) is 7.66. The molecule has 2 rings (SSSR count). The van der Waals surface area contributed by atoms with Crippen molar-refractivity contribution in [2.45, 2.75) is 58.2 Å². The zero-order valence-corrected chi connectivity index (χ0v) is 12.8. The van der Waals surface area contributed by atoms with Crippen LogP contribution in [0, 0.1) is 11.8 Å². The van der Waals surface area contributed by atoms with Crippen molar-refractivity contribution in [2.24, 2.45) is 11.8 Å². The fourth-order valence-corrected chi connectivity index (χ4v) is 3.06. The number of hydrogen-bond acceptors (Lipinski definition) is 3. The molecule has 1 aliphatic heterocycles. The van der Waals surface area contributed by atoms with Crippen LogP contribution in [-0.4, -0.2) is 40.9 Å². The van der Waals surface area contributed by atoms with Gasteiger partial charge in [0.2, 0.25) is 0 Å². The molecule has 0 saturated carbocycles. The summed E-state index contributed by atoms with van der Waals surface area (Å²) in [6.45, 7) is 6.62. The monoisotopic (exact) mass is 281 g/mol. The highest BCUT2D eigenvalue weighted by Gasteiger charge is 2.37. The number of aliphatic hydroxyl groups is 1. The highest BCUT2D eigenvalue weighted by molar-refractivity contribution is 5.68. The molecular weight excluding hydrogens is 254 g/mol. The summed E-state index contributed by atoms with van der Waals surface area (Å²) in [5, 5.41) is 10.2. The Morgan fingerprint density at radius 2 is 2.10 bits per heavy atom. The fourth-order valence-electron chi connectivity index (χ4n) is 3.06. The molecule has 0 aromatic heterocycles. The van der Waals surface area contributed by atoms with Gasteiger partial charge in [0, 0.05) is 12.5 Å². The predicted octanol–water partition coefficient (Wildman–Crippen LogP) is 2.96. The minimum Gasteiger partial charge on any atom is -0.444 e. The summed E-state index contributed by atoms with van der Waals surface area (Å²) in [5.41, 5.74) is -0.478. The van der Waals surface area contributed by atoms with Crippen LogP contribution in [-0.2, 0) is 4.74 Å². The smallest absolute Gasteiger partial charge is 0.410 e. The van der Waals surface area contributed by atoms with E-state index < -0.39 is 11.7 Å². The fraction of sp³-hybridized carbons (Fsp3) is 0.812. The number of carbonyl (C=O) groups excluding carboxylic acids is 1. The second-order valence-corrected chi connectivity index (χ2v) is 7.10.